The van der Waals surface area contributed by atoms with Gasteiger partial charge in [-0.2, -0.15) is 0 Å². The van der Waals surface area contributed by atoms with Gasteiger partial charge in [-0.15, -0.1) is 0 Å². The zero-order chi connectivity index (χ0) is 31.1. The summed E-state index contributed by atoms with van der Waals surface area (Å²) in [5, 5.41) is 22.3. The zero-order valence-electron chi connectivity index (χ0n) is 22.3. The van der Waals surface area contributed by atoms with E-state index in [0.717, 1.165) is 35.4 Å². The van der Waals surface area contributed by atoms with Crippen LogP contribution in [0.1, 0.15) is 22.0 Å². The number of methoxy groups -OCH3 is 2. The second-order valence-corrected chi connectivity index (χ2v) is 12.6. The summed E-state index contributed by atoms with van der Waals surface area (Å²) in [7, 11) is -1.35. The van der Waals surface area contributed by atoms with E-state index in [-0.39, 0.29) is 36.8 Å². The summed E-state index contributed by atoms with van der Waals surface area (Å²) in [6.45, 7) is 0. The molecule has 1 amide bonds. The third kappa shape index (κ3) is 5.31. The molecule has 0 aliphatic carbocycles. The fraction of sp³-hybridized carbons (Fsp3) is 0.107. The molecule has 1 unspecified atom stereocenters. The number of halogens is 1. The summed E-state index contributed by atoms with van der Waals surface area (Å²) in [6, 6.07) is 13.6. The third-order valence-corrected chi connectivity index (χ3v) is 10.1. The van der Waals surface area contributed by atoms with Gasteiger partial charge in [0.2, 0.25) is 9.84 Å². The number of ketones is 1. The Labute approximate surface area is 253 Å². The highest BCUT2D eigenvalue weighted by molar-refractivity contribution is 7.93. The third-order valence-electron chi connectivity index (χ3n) is 6.58. The van der Waals surface area contributed by atoms with Crippen LogP contribution in [-0.2, 0) is 14.6 Å². The van der Waals surface area contributed by atoms with E-state index in [1.807, 2.05) is 0 Å². The maximum absolute atomic E-state index is 13.7. The number of thiazole rings is 1. The molecule has 1 atom stereocenters. The molecule has 12 nitrogen and oxygen atoms in total. The Morgan fingerprint density at radius 3 is 2.30 bits per heavy atom. The first kappa shape index (κ1) is 29.7. The number of nitrogens with zero attached hydrogens (tertiary/aromatic N) is 3. The summed E-state index contributed by atoms with van der Waals surface area (Å²) < 4.78 is 37.1. The summed E-state index contributed by atoms with van der Waals surface area (Å²) in [5.41, 5.74) is -0.0766. The molecule has 0 saturated heterocycles. The Bertz CT molecular complexity index is 1900. The molecule has 15 heteroatoms. The number of nitro benzene ring substituents is 1. The molecule has 0 fully saturated rings. The second kappa shape index (κ2) is 11.5. The molecule has 0 radical (unpaired) electrons. The highest BCUT2D eigenvalue weighted by atomic mass is 35.5. The average Bonchev–Trinajstić information content (AvgIpc) is 3.60. The van der Waals surface area contributed by atoms with Crippen LogP contribution in [-0.4, -0.2) is 49.3 Å². The lowest BCUT2D eigenvalue weighted by Gasteiger charge is -2.25. The maximum atomic E-state index is 13.7. The lowest BCUT2D eigenvalue weighted by molar-refractivity contribution is -0.384. The topological polar surface area (TPSA) is 166 Å². The Kier molecular flexibility index (Phi) is 7.92. The number of Topliss-reactive ketones (excluding diaryl/α,β-unsaturated/α-hetero) is 1. The van der Waals surface area contributed by atoms with Crippen molar-refractivity contribution in [2.24, 2.45) is 0 Å². The standard InChI is InChI=1S/C28H20ClN3O9S2/c1-40-20-12-5-16(13-21(20)41-2)24-23(25(33)15-3-6-17(29)7-4-15)26(34)27(35)31(24)28-30-14-22(42-28)43(38,39)19-10-8-18(9-11-19)32(36)37/h3-14,24,34H,1-2H3. The lowest BCUT2D eigenvalue weighted by Crippen LogP contribution is -2.31. The fourth-order valence-corrected chi connectivity index (χ4v) is 7.15. The van der Waals surface area contributed by atoms with Crippen LogP contribution in [0.2, 0.25) is 5.02 Å². The number of aliphatic hydroxyl groups excluding tert-OH is 1. The number of hydrogen-bond acceptors (Lipinski definition) is 11. The van der Waals surface area contributed by atoms with Crippen LogP contribution >= 0.6 is 22.9 Å². The van der Waals surface area contributed by atoms with Gasteiger partial charge in [-0.05, 0) is 54.1 Å². The molecule has 5 rings (SSSR count). The minimum atomic E-state index is -4.20. The van der Waals surface area contributed by atoms with Crippen LogP contribution in [0.4, 0.5) is 10.8 Å². The lowest BCUT2D eigenvalue weighted by atomic mass is 9.92. The molecule has 4 aromatic rings. The van der Waals surface area contributed by atoms with Crippen molar-refractivity contribution in [3.05, 3.63) is 111 Å². The Balaban J connectivity index is 1.62. The molecule has 3 aromatic carbocycles. The van der Waals surface area contributed by atoms with Crippen LogP contribution in [0, 0.1) is 10.1 Å². The first-order valence-corrected chi connectivity index (χ1v) is 14.9. The monoisotopic (exact) mass is 641 g/mol. The van der Waals surface area contributed by atoms with Crippen molar-refractivity contribution in [3.63, 3.8) is 0 Å². The molecule has 1 aliphatic heterocycles. The average molecular weight is 642 g/mol. The van der Waals surface area contributed by atoms with Crippen molar-refractivity contribution >= 4 is 55.3 Å². The van der Waals surface area contributed by atoms with Crippen molar-refractivity contribution < 1.29 is 37.5 Å². The second-order valence-electron chi connectivity index (χ2n) is 9.01. The summed E-state index contributed by atoms with van der Waals surface area (Å²) in [5.74, 6) is -1.84. The van der Waals surface area contributed by atoms with Crippen LogP contribution in [0.15, 0.2) is 93.4 Å². The van der Waals surface area contributed by atoms with E-state index in [0.29, 0.717) is 27.7 Å². The minimum Gasteiger partial charge on any atom is -0.503 e. The molecule has 43 heavy (non-hydrogen) atoms. The molecule has 1 aromatic heterocycles. The van der Waals surface area contributed by atoms with Crippen LogP contribution in [0.3, 0.4) is 0 Å². The number of hydrogen-bond donors (Lipinski definition) is 1. The van der Waals surface area contributed by atoms with E-state index in [9.17, 15) is 33.2 Å². The molecule has 0 saturated carbocycles. The highest BCUT2D eigenvalue weighted by Crippen LogP contribution is 2.45. The van der Waals surface area contributed by atoms with E-state index in [2.05, 4.69) is 4.98 Å². The summed E-state index contributed by atoms with van der Waals surface area (Å²) in [4.78, 5) is 42.6. The van der Waals surface area contributed by atoms with Gasteiger partial charge in [0.25, 0.3) is 11.6 Å². The van der Waals surface area contributed by atoms with Gasteiger partial charge in [-0.1, -0.05) is 29.0 Å². The van der Waals surface area contributed by atoms with Gasteiger partial charge in [0.05, 0.1) is 41.9 Å². The first-order valence-electron chi connectivity index (χ1n) is 12.2. The number of non-ortho nitro benzene ring substituents is 1. The predicted octanol–water partition coefficient (Wildman–Crippen LogP) is 5.34. The normalized spacial score (nSPS) is 15.1. The molecular formula is C28H20ClN3O9S2. The van der Waals surface area contributed by atoms with Crippen molar-refractivity contribution in [1.82, 2.24) is 4.98 Å². The van der Waals surface area contributed by atoms with E-state index in [1.54, 1.807) is 12.1 Å². The SMILES string of the molecule is COc1ccc(C2C(C(=O)c3ccc(Cl)cc3)=C(O)C(=O)N2c2ncc(S(=O)(=O)c3ccc([N+](=O)[O-])cc3)s2)cc1OC. The zero-order valence-corrected chi connectivity index (χ0v) is 24.6. The van der Waals surface area contributed by atoms with Crippen LogP contribution in [0.25, 0.3) is 0 Å². The largest absolute Gasteiger partial charge is 0.503 e. The molecule has 0 bridgehead atoms. The quantitative estimate of drug-likeness (QED) is 0.143. The molecule has 1 N–H and O–H groups in total. The number of nitro groups is 1. The number of aromatic nitrogens is 1. The number of benzene rings is 3. The van der Waals surface area contributed by atoms with Crippen molar-refractivity contribution in [2.45, 2.75) is 15.1 Å². The van der Waals surface area contributed by atoms with Gasteiger partial charge < -0.3 is 14.6 Å². The molecule has 0 spiro atoms. The first-order chi connectivity index (χ1) is 20.5. The molecule has 2 heterocycles. The van der Waals surface area contributed by atoms with Crippen molar-refractivity contribution in [2.75, 3.05) is 19.1 Å². The Hall–Kier alpha value is -4.79. The van der Waals surface area contributed by atoms with Gasteiger partial charge in [0.15, 0.2) is 28.2 Å². The minimum absolute atomic E-state index is 0.129. The number of anilines is 1. The van der Waals surface area contributed by atoms with E-state index < -0.39 is 38.3 Å². The van der Waals surface area contributed by atoms with Gasteiger partial charge in [0, 0.05) is 22.7 Å². The van der Waals surface area contributed by atoms with Gasteiger partial charge >= 0.3 is 0 Å². The molecule has 1 aliphatic rings. The molecular weight excluding hydrogens is 622 g/mol. The van der Waals surface area contributed by atoms with E-state index in [1.165, 1.54) is 44.6 Å². The smallest absolute Gasteiger partial charge is 0.296 e. The fourth-order valence-electron chi connectivity index (χ4n) is 4.48. The van der Waals surface area contributed by atoms with Crippen LogP contribution in [0.5, 0.6) is 11.5 Å². The van der Waals surface area contributed by atoms with E-state index >= 15 is 0 Å². The number of carbonyl (C=O) groups excluding carboxylic acids is 2. The Morgan fingerprint density at radius 2 is 1.70 bits per heavy atom. The number of sulfone groups is 1. The summed E-state index contributed by atoms with van der Waals surface area (Å²) in [6.07, 6.45) is 1.03. The number of ether oxygens (including phenoxy) is 2. The number of carbonyl (C=O) groups is 2. The van der Waals surface area contributed by atoms with Crippen molar-refractivity contribution in [1.29, 1.82) is 0 Å². The molecule has 220 valence electrons. The van der Waals surface area contributed by atoms with E-state index in [4.69, 9.17) is 21.1 Å². The number of aliphatic hydroxyl groups is 1. The number of rotatable bonds is 9. The maximum Gasteiger partial charge on any atom is 0.296 e. The van der Waals surface area contributed by atoms with Gasteiger partial charge in [-0.3, -0.25) is 24.6 Å². The van der Waals surface area contributed by atoms with Gasteiger partial charge in [-0.25, -0.2) is 13.4 Å². The van der Waals surface area contributed by atoms with Gasteiger partial charge in [0.1, 0.15) is 4.21 Å². The highest BCUT2D eigenvalue weighted by Gasteiger charge is 2.46. The predicted molar refractivity (Wildman–Crippen MR) is 156 cm³/mol. The van der Waals surface area contributed by atoms with Crippen molar-refractivity contribution in [3.8, 4) is 11.5 Å². The number of amides is 1. The van der Waals surface area contributed by atoms with Crippen LogP contribution < -0.4 is 14.4 Å². The Morgan fingerprint density at radius 1 is 1.05 bits per heavy atom. The summed E-state index contributed by atoms with van der Waals surface area (Å²) >= 11 is 6.60.